The van der Waals surface area contributed by atoms with Gasteiger partial charge in [0.05, 0.1) is 11.6 Å². The van der Waals surface area contributed by atoms with Crippen LogP contribution in [0.1, 0.15) is 43.7 Å². The van der Waals surface area contributed by atoms with Crippen molar-refractivity contribution in [3.8, 4) is 6.07 Å². The molecule has 0 fully saturated rings. The molecule has 1 aliphatic rings. The molecule has 1 aromatic carbocycles. The zero-order valence-electron chi connectivity index (χ0n) is 12.6. The van der Waals surface area contributed by atoms with Crippen LogP contribution in [0.25, 0.3) is 0 Å². The molecule has 1 aromatic rings. The molecule has 0 saturated carbocycles. The van der Waals surface area contributed by atoms with Gasteiger partial charge in [-0.15, -0.1) is 0 Å². The van der Waals surface area contributed by atoms with E-state index in [4.69, 9.17) is 5.26 Å². The van der Waals surface area contributed by atoms with Gasteiger partial charge < -0.3 is 4.90 Å². The van der Waals surface area contributed by atoms with Crippen molar-refractivity contribution in [2.75, 3.05) is 6.54 Å². The summed E-state index contributed by atoms with van der Waals surface area (Å²) in [6.07, 6.45) is 8.12. The number of amides is 1. The summed E-state index contributed by atoms with van der Waals surface area (Å²) in [4.78, 5) is 14.4. The van der Waals surface area contributed by atoms with Crippen LogP contribution in [-0.4, -0.2) is 17.4 Å². The molecule has 110 valence electrons. The summed E-state index contributed by atoms with van der Waals surface area (Å²) in [5.74, 6) is 0.649. The summed E-state index contributed by atoms with van der Waals surface area (Å²) in [7, 11) is 0. The lowest BCUT2D eigenvalue weighted by molar-refractivity contribution is -0.132. The minimum absolute atomic E-state index is 0.234. The number of nitriles is 1. The van der Waals surface area contributed by atoms with Gasteiger partial charge in [0, 0.05) is 19.5 Å². The third-order valence-corrected chi connectivity index (χ3v) is 3.85. The van der Waals surface area contributed by atoms with Gasteiger partial charge in [-0.3, -0.25) is 4.79 Å². The second-order valence-corrected chi connectivity index (χ2v) is 5.59. The number of rotatable bonds is 6. The number of hydrogen-bond donors (Lipinski definition) is 0. The topological polar surface area (TPSA) is 44.1 Å². The first kappa shape index (κ1) is 15.3. The SMILES string of the molecule is CCCN(Cc1ccc(C#N)cc1)C(=O)CC1C=CCC1. The number of benzene rings is 1. The number of carbonyl (C=O) groups is 1. The Kier molecular flexibility index (Phi) is 5.57. The molecular weight excluding hydrogens is 260 g/mol. The number of nitrogens with zero attached hydrogens (tertiary/aromatic N) is 2. The quantitative estimate of drug-likeness (QED) is 0.747. The van der Waals surface area contributed by atoms with Gasteiger partial charge in [-0.2, -0.15) is 5.26 Å². The van der Waals surface area contributed by atoms with Crippen molar-refractivity contribution < 1.29 is 4.79 Å². The maximum Gasteiger partial charge on any atom is 0.223 e. The van der Waals surface area contributed by atoms with Crippen molar-refractivity contribution in [1.82, 2.24) is 4.90 Å². The standard InChI is InChI=1S/C18H22N2O/c1-2-11-20(18(21)12-15-5-3-4-6-15)14-17-9-7-16(13-19)8-10-17/h3,5,7-10,15H,2,4,6,11-12,14H2,1H3. The van der Waals surface area contributed by atoms with Gasteiger partial charge in [0.1, 0.15) is 0 Å². The minimum Gasteiger partial charge on any atom is -0.338 e. The molecule has 3 heteroatoms. The van der Waals surface area contributed by atoms with Crippen LogP contribution in [0.2, 0.25) is 0 Å². The van der Waals surface area contributed by atoms with E-state index in [2.05, 4.69) is 25.1 Å². The largest absolute Gasteiger partial charge is 0.338 e. The van der Waals surface area contributed by atoms with Crippen LogP contribution in [0.5, 0.6) is 0 Å². The van der Waals surface area contributed by atoms with Gasteiger partial charge in [0.15, 0.2) is 0 Å². The third kappa shape index (κ3) is 4.46. The average Bonchev–Trinajstić information content (AvgIpc) is 3.00. The summed E-state index contributed by atoms with van der Waals surface area (Å²) < 4.78 is 0. The summed E-state index contributed by atoms with van der Waals surface area (Å²) in [6, 6.07) is 9.60. The highest BCUT2D eigenvalue weighted by molar-refractivity contribution is 5.76. The second-order valence-electron chi connectivity index (χ2n) is 5.59. The first-order valence-electron chi connectivity index (χ1n) is 7.66. The zero-order chi connectivity index (χ0) is 15.1. The molecule has 0 spiro atoms. The van der Waals surface area contributed by atoms with Crippen LogP contribution in [0.3, 0.4) is 0 Å². The molecule has 0 aliphatic heterocycles. The Labute approximate surface area is 126 Å². The van der Waals surface area contributed by atoms with E-state index in [1.807, 2.05) is 29.2 Å². The van der Waals surface area contributed by atoms with E-state index in [0.717, 1.165) is 31.4 Å². The zero-order valence-corrected chi connectivity index (χ0v) is 12.6. The Bertz CT molecular complexity index is 539. The highest BCUT2D eigenvalue weighted by atomic mass is 16.2. The van der Waals surface area contributed by atoms with Gasteiger partial charge in [-0.05, 0) is 42.9 Å². The Balaban J connectivity index is 1.98. The van der Waals surface area contributed by atoms with Crippen LogP contribution >= 0.6 is 0 Å². The van der Waals surface area contributed by atoms with Crippen LogP contribution in [0, 0.1) is 17.2 Å². The molecule has 0 bridgehead atoms. The maximum atomic E-state index is 12.5. The molecule has 2 rings (SSSR count). The lowest BCUT2D eigenvalue weighted by atomic mass is 10.0. The summed E-state index contributed by atoms with van der Waals surface area (Å²) >= 11 is 0. The van der Waals surface area contributed by atoms with E-state index in [9.17, 15) is 4.79 Å². The van der Waals surface area contributed by atoms with E-state index in [-0.39, 0.29) is 5.91 Å². The molecule has 0 N–H and O–H groups in total. The fourth-order valence-electron chi connectivity index (χ4n) is 2.69. The van der Waals surface area contributed by atoms with Gasteiger partial charge in [-0.25, -0.2) is 0 Å². The van der Waals surface area contributed by atoms with Crippen LogP contribution < -0.4 is 0 Å². The minimum atomic E-state index is 0.234. The van der Waals surface area contributed by atoms with Gasteiger partial charge in [0.25, 0.3) is 0 Å². The van der Waals surface area contributed by atoms with Crippen LogP contribution in [0.15, 0.2) is 36.4 Å². The van der Waals surface area contributed by atoms with Crippen molar-refractivity contribution in [2.45, 2.75) is 39.2 Å². The monoisotopic (exact) mass is 282 g/mol. The molecule has 1 aliphatic carbocycles. The Hall–Kier alpha value is -2.08. The number of carbonyl (C=O) groups excluding carboxylic acids is 1. The number of allylic oxidation sites excluding steroid dienone is 2. The van der Waals surface area contributed by atoms with Crippen molar-refractivity contribution in [1.29, 1.82) is 5.26 Å². The van der Waals surface area contributed by atoms with E-state index in [1.54, 1.807) is 0 Å². The molecule has 21 heavy (non-hydrogen) atoms. The maximum absolute atomic E-state index is 12.5. The van der Waals surface area contributed by atoms with E-state index in [0.29, 0.717) is 24.4 Å². The fourth-order valence-corrected chi connectivity index (χ4v) is 2.69. The highest BCUT2D eigenvalue weighted by Gasteiger charge is 2.19. The molecule has 1 atom stereocenters. The predicted octanol–water partition coefficient (Wildman–Crippen LogP) is 3.65. The second kappa shape index (κ2) is 7.64. The Morgan fingerprint density at radius 3 is 2.71 bits per heavy atom. The molecule has 0 aromatic heterocycles. The highest BCUT2D eigenvalue weighted by Crippen LogP contribution is 2.22. The molecule has 0 radical (unpaired) electrons. The first-order chi connectivity index (χ1) is 10.2. The summed E-state index contributed by atoms with van der Waals surface area (Å²) in [5.41, 5.74) is 1.74. The molecule has 0 saturated heterocycles. The lowest BCUT2D eigenvalue weighted by Gasteiger charge is -2.23. The van der Waals surface area contributed by atoms with E-state index in [1.165, 1.54) is 0 Å². The molecule has 0 heterocycles. The number of hydrogen-bond acceptors (Lipinski definition) is 2. The van der Waals surface area contributed by atoms with Crippen molar-refractivity contribution in [2.24, 2.45) is 5.92 Å². The van der Waals surface area contributed by atoms with Crippen molar-refractivity contribution in [3.05, 3.63) is 47.5 Å². The average molecular weight is 282 g/mol. The molecule has 1 unspecified atom stereocenters. The van der Waals surface area contributed by atoms with Crippen LogP contribution in [-0.2, 0) is 11.3 Å². The summed E-state index contributed by atoms with van der Waals surface area (Å²) in [6.45, 7) is 3.51. The predicted molar refractivity (Wildman–Crippen MR) is 83.3 cm³/mol. The molecular formula is C18H22N2O. The summed E-state index contributed by atoms with van der Waals surface area (Å²) in [5, 5.41) is 8.82. The molecule has 1 amide bonds. The fraction of sp³-hybridized carbons (Fsp3) is 0.444. The molecule has 3 nitrogen and oxygen atoms in total. The normalized spacial score (nSPS) is 16.7. The van der Waals surface area contributed by atoms with Gasteiger partial charge in [0.2, 0.25) is 5.91 Å². The lowest BCUT2D eigenvalue weighted by Crippen LogP contribution is -2.32. The van der Waals surface area contributed by atoms with Crippen molar-refractivity contribution in [3.63, 3.8) is 0 Å². The smallest absolute Gasteiger partial charge is 0.223 e. The Morgan fingerprint density at radius 2 is 2.14 bits per heavy atom. The van der Waals surface area contributed by atoms with Gasteiger partial charge >= 0.3 is 0 Å². The third-order valence-electron chi connectivity index (χ3n) is 3.85. The Morgan fingerprint density at radius 1 is 1.38 bits per heavy atom. The first-order valence-corrected chi connectivity index (χ1v) is 7.66. The van der Waals surface area contributed by atoms with Crippen LogP contribution in [0.4, 0.5) is 0 Å². The van der Waals surface area contributed by atoms with E-state index >= 15 is 0 Å². The van der Waals surface area contributed by atoms with E-state index < -0.39 is 0 Å². The van der Waals surface area contributed by atoms with Crippen molar-refractivity contribution >= 4 is 5.91 Å². The van der Waals surface area contributed by atoms with Gasteiger partial charge in [-0.1, -0.05) is 31.2 Å².